The molecule has 0 radical (unpaired) electrons. The molecule has 2 aromatic carbocycles. The Kier molecular flexibility index (Phi) is 6.81. The van der Waals surface area contributed by atoms with Gasteiger partial charge in [-0.3, -0.25) is 4.79 Å². The Hall–Kier alpha value is -3.25. The smallest absolute Gasteiger partial charge is 0.244 e. The van der Waals surface area contributed by atoms with Gasteiger partial charge in [0, 0.05) is 24.5 Å². The van der Waals surface area contributed by atoms with Crippen molar-refractivity contribution in [2.75, 3.05) is 16.3 Å². The number of nitrogens with two attached hydrogens (primary N) is 1. The van der Waals surface area contributed by atoms with E-state index < -0.39 is 6.04 Å². The number of pyridine rings is 1. The maximum Gasteiger partial charge on any atom is 0.244 e. The summed E-state index contributed by atoms with van der Waals surface area (Å²) in [5, 5.41) is 0. The lowest BCUT2D eigenvalue weighted by Gasteiger charge is -2.27. The third-order valence-electron chi connectivity index (χ3n) is 5.79. The van der Waals surface area contributed by atoms with Gasteiger partial charge in [0.05, 0.1) is 12.6 Å². The van der Waals surface area contributed by atoms with Crippen LogP contribution in [-0.4, -0.2) is 29.5 Å². The topological polar surface area (TPSA) is 62.5 Å². The molecule has 1 saturated carbocycles. The molecule has 1 aliphatic carbocycles. The van der Waals surface area contributed by atoms with Crippen molar-refractivity contribution in [2.24, 2.45) is 5.73 Å². The normalized spacial score (nSPS) is 14.1. The summed E-state index contributed by atoms with van der Waals surface area (Å²) in [7, 11) is 0. The number of halogens is 1. The first-order valence-electron chi connectivity index (χ1n) is 11.1. The lowest BCUT2D eigenvalue weighted by Crippen LogP contribution is -2.44. The molecular formula is C26H29FN4O. The minimum Gasteiger partial charge on any atom is -0.354 e. The number of benzene rings is 2. The number of carbonyl (C=O) groups excluding carboxylic acids is 1. The second kappa shape index (κ2) is 9.92. The predicted molar refractivity (Wildman–Crippen MR) is 126 cm³/mol. The van der Waals surface area contributed by atoms with Crippen LogP contribution in [0.4, 0.5) is 15.9 Å². The Bertz CT molecular complexity index is 1020. The summed E-state index contributed by atoms with van der Waals surface area (Å²) in [4.78, 5) is 21.9. The SMILES string of the molecule is CCN(c1ccc(CN(C(=O)C(N)Cc2ccccc2)c2ccc(F)cc2)cn1)C1CC1. The monoisotopic (exact) mass is 432 g/mol. The van der Waals surface area contributed by atoms with Crippen molar-refractivity contribution >= 4 is 17.4 Å². The summed E-state index contributed by atoms with van der Waals surface area (Å²) >= 11 is 0. The van der Waals surface area contributed by atoms with Crippen molar-refractivity contribution < 1.29 is 9.18 Å². The van der Waals surface area contributed by atoms with Gasteiger partial charge in [0.2, 0.25) is 5.91 Å². The van der Waals surface area contributed by atoms with Gasteiger partial charge in [-0.05, 0) is 67.6 Å². The Balaban J connectivity index is 1.54. The van der Waals surface area contributed by atoms with E-state index in [0.29, 0.717) is 24.7 Å². The molecule has 1 unspecified atom stereocenters. The van der Waals surface area contributed by atoms with Crippen molar-refractivity contribution in [3.05, 3.63) is 89.9 Å². The molecule has 2 N–H and O–H groups in total. The number of amides is 1. The van der Waals surface area contributed by atoms with Crippen LogP contribution in [0.3, 0.4) is 0 Å². The van der Waals surface area contributed by atoms with Crippen molar-refractivity contribution in [2.45, 2.75) is 44.8 Å². The van der Waals surface area contributed by atoms with Crippen LogP contribution >= 0.6 is 0 Å². The highest BCUT2D eigenvalue weighted by molar-refractivity contribution is 5.97. The first-order valence-corrected chi connectivity index (χ1v) is 11.1. The van der Waals surface area contributed by atoms with Crippen LogP contribution in [-0.2, 0) is 17.8 Å². The van der Waals surface area contributed by atoms with Gasteiger partial charge < -0.3 is 15.5 Å². The fourth-order valence-electron chi connectivity index (χ4n) is 3.93. The number of anilines is 2. The second-order valence-corrected chi connectivity index (χ2v) is 8.24. The van der Waals surface area contributed by atoms with Crippen molar-refractivity contribution in [3.63, 3.8) is 0 Å². The highest BCUT2D eigenvalue weighted by atomic mass is 19.1. The van der Waals surface area contributed by atoms with Gasteiger partial charge in [-0.25, -0.2) is 9.37 Å². The number of carbonyl (C=O) groups is 1. The fraction of sp³-hybridized carbons (Fsp3) is 0.308. The van der Waals surface area contributed by atoms with Gasteiger partial charge in [0.1, 0.15) is 11.6 Å². The summed E-state index contributed by atoms with van der Waals surface area (Å²) < 4.78 is 13.5. The molecule has 0 aliphatic heterocycles. The maximum atomic E-state index is 13.5. The highest BCUT2D eigenvalue weighted by Gasteiger charge is 2.29. The average molecular weight is 433 g/mol. The molecule has 32 heavy (non-hydrogen) atoms. The van der Waals surface area contributed by atoms with Gasteiger partial charge in [0.25, 0.3) is 0 Å². The van der Waals surface area contributed by atoms with Crippen LogP contribution in [0, 0.1) is 5.82 Å². The van der Waals surface area contributed by atoms with E-state index in [4.69, 9.17) is 5.73 Å². The first-order chi connectivity index (χ1) is 15.5. The second-order valence-electron chi connectivity index (χ2n) is 8.24. The van der Waals surface area contributed by atoms with Gasteiger partial charge in [-0.2, -0.15) is 0 Å². The van der Waals surface area contributed by atoms with Gasteiger partial charge in [-0.15, -0.1) is 0 Å². The standard InChI is InChI=1S/C26H29FN4O/c1-2-30(22-13-14-22)25-15-8-20(17-29-25)18-31(23-11-9-21(27)10-12-23)26(32)24(28)16-19-6-4-3-5-7-19/h3-12,15,17,22,24H,2,13-14,16,18,28H2,1H3. The molecule has 166 valence electrons. The molecule has 5 nitrogen and oxygen atoms in total. The maximum absolute atomic E-state index is 13.5. The minimum atomic E-state index is -0.708. The summed E-state index contributed by atoms with van der Waals surface area (Å²) in [6, 6.07) is 19.5. The van der Waals surface area contributed by atoms with Crippen LogP contribution in [0.2, 0.25) is 0 Å². The van der Waals surface area contributed by atoms with Crippen LogP contribution in [0.25, 0.3) is 0 Å². The zero-order valence-electron chi connectivity index (χ0n) is 18.3. The predicted octanol–water partition coefficient (Wildman–Crippen LogP) is 4.31. The zero-order valence-corrected chi connectivity index (χ0v) is 18.3. The highest BCUT2D eigenvalue weighted by Crippen LogP contribution is 2.30. The Labute approximate surface area is 188 Å². The Morgan fingerprint density at radius 3 is 2.38 bits per heavy atom. The van der Waals surface area contributed by atoms with E-state index in [0.717, 1.165) is 23.5 Å². The van der Waals surface area contributed by atoms with Gasteiger partial charge in [0.15, 0.2) is 0 Å². The molecule has 1 fully saturated rings. The molecule has 0 bridgehead atoms. The summed E-state index contributed by atoms with van der Waals surface area (Å²) in [5.74, 6) is 0.400. The van der Waals surface area contributed by atoms with Crippen molar-refractivity contribution in [1.29, 1.82) is 0 Å². The molecule has 4 rings (SSSR count). The van der Waals surface area contributed by atoms with Crippen molar-refractivity contribution in [1.82, 2.24) is 4.98 Å². The van der Waals surface area contributed by atoms with Gasteiger partial charge >= 0.3 is 0 Å². The largest absolute Gasteiger partial charge is 0.354 e. The fourth-order valence-corrected chi connectivity index (χ4v) is 3.93. The molecule has 0 saturated heterocycles. The van der Waals surface area contributed by atoms with Crippen LogP contribution in [0.5, 0.6) is 0 Å². The van der Waals surface area contributed by atoms with Crippen LogP contribution in [0.15, 0.2) is 72.9 Å². The molecule has 1 heterocycles. The molecular weight excluding hydrogens is 403 g/mol. The van der Waals surface area contributed by atoms with Gasteiger partial charge in [-0.1, -0.05) is 36.4 Å². The van der Waals surface area contributed by atoms with Crippen molar-refractivity contribution in [3.8, 4) is 0 Å². The summed E-state index contributed by atoms with van der Waals surface area (Å²) in [6.07, 6.45) is 4.67. The lowest BCUT2D eigenvalue weighted by molar-refractivity contribution is -0.120. The van der Waals surface area contributed by atoms with E-state index in [9.17, 15) is 9.18 Å². The molecule has 1 aliphatic rings. The number of nitrogens with zero attached hydrogens (tertiary/aromatic N) is 3. The molecule has 1 atom stereocenters. The minimum absolute atomic E-state index is 0.210. The zero-order chi connectivity index (χ0) is 22.5. The summed E-state index contributed by atoms with van der Waals surface area (Å²) in [6.45, 7) is 3.37. The summed E-state index contributed by atoms with van der Waals surface area (Å²) in [5.41, 5.74) is 8.81. The third kappa shape index (κ3) is 5.32. The Morgan fingerprint density at radius 2 is 1.78 bits per heavy atom. The molecule has 1 aromatic heterocycles. The van der Waals surface area contributed by atoms with E-state index in [1.807, 2.05) is 48.7 Å². The number of hydrogen-bond acceptors (Lipinski definition) is 4. The van der Waals surface area contributed by atoms with E-state index in [2.05, 4.69) is 16.8 Å². The number of aromatic nitrogens is 1. The third-order valence-corrected chi connectivity index (χ3v) is 5.79. The van der Waals surface area contributed by atoms with E-state index in [-0.39, 0.29) is 11.7 Å². The number of hydrogen-bond donors (Lipinski definition) is 1. The average Bonchev–Trinajstić information content (AvgIpc) is 3.65. The lowest BCUT2D eigenvalue weighted by atomic mass is 10.0. The van der Waals surface area contributed by atoms with E-state index >= 15 is 0 Å². The molecule has 0 spiro atoms. The molecule has 6 heteroatoms. The van der Waals surface area contributed by atoms with Crippen LogP contribution < -0.4 is 15.5 Å². The first kappa shape index (κ1) is 22.0. The van der Waals surface area contributed by atoms with E-state index in [1.54, 1.807) is 17.0 Å². The number of rotatable bonds is 9. The Morgan fingerprint density at radius 1 is 1.06 bits per heavy atom. The van der Waals surface area contributed by atoms with Crippen LogP contribution in [0.1, 0.15) is 30.9 Å². The molecule has 1 amide bonds. The van der Waals surface area contributed by atoms with E-state index in [1.165, 1.54) is 25.0 Å². The molecule has 3 aromatic rings. The quantitative estimate of drug-likeness (QED) is 0.547.